The number of hydrogen-bond donors (Lipinski definition) is 1. The lowest BCUT2D eigenvalue weighted by atomic mass is 10.1. The molecule has 2 N–H and O–H groups in total. The minimum absolute atomic E-state index is 0.748. The van der Waals surface area contributed by atoms with E-state index in [9.17, 15) is 0 Å². The van der Waals surface area contributed by atoms with E-state index in [-0.39, 0.29) is 0 Å². The fourth-order valence-corrected chi connectivity index (χ4v) is 2.73. The van der Waals surface area contributed by atoms with Gasteiger partial charge in [0.25, 0.3) is 0 Å². The van der Waals surface area contributed by atoms with Crippen LogP contribution in [-0.2, 0) is 19.4 Å². The largest absolute Gasteiger partial charge is 0.396 e. The van der Waals surface area contributed by atoms with Gasteiger partial charge in [0, 0.05) is 11.6 Å². The number of fused-ring (bicyclic) bond motifs is 1. The standard InChI is InChI=1S/C17H20N4/c1-3-14-17(18)16(4-2)21(20-14)11-12-7-8-15-13(10-12)6-5-9-19-15/h5-10H,3-4,11,18H2,1-2H3. The number of nitrogens with zero attached hydrogens (tertiary/aromatic N) is 3. The van der Waals surface area contributed by atoms with Crippen molar-refractivity contribution in [2.24, 2.45) is 0 Å². The molecule has 0 aliphatic carbocycles. The van der Waals surface area contributed by atoms with Gasteiger partial charge in [-0.2, -0.15) is 5.10 Å². The topological polar surface area (TPSA) is 56.7 Å². The third-order valence-corrected chi connectivity index (χ3v) is 3.84. The highest BCUT2D eigenvalue weighted by Crippen LogP contribution is 2.21. The maximum atomic E-state index is 6.18. The van der Waals surface area contributed by atoms with Crippen molar-refractivity contribution < 1.29 is 0 Å². The molecule has 0 bridgehead atoms. The molecule has 0 atom stereocenters. The number of aromatic nitrogens is 3. The van der Waals surface area contributed by atoms with Gasteiger partial charge in [-0.05, 0) is 36.6 Å². The van der Waals surface area contributed by atoms with Crippen molar-refractivity contribution in [2.75, 3.05) is 5.73 Å². The van der Waals surface area contributed by atoms with E-state index >= 15 is 0 Å². The Balaban J connectivity index is 1.98. The van der Waals surface area contributed by atoms with E-state index in [1.165, 1.54) is 5.56 Å². The Morgan fingerprint density at radius 1 is 1.14 bits per heavy atom. The van der Waals surface area contributed by atoms with Crippen LogP contribution in [0.3, 0.4) is 0 Å². The van der Waals surface area contributed by atoms with Crippen molar-refractivity contribution in [1.82, 2.24) is 14.8 Å². The summed E-state index contributed by atoms with van der Waals surface area (Å²) in [4.78, 5) is 4.35. The Kier molecular flexibility index (Phi) is 3.60. The van der Waals surface area contributed by atoms with Crippen LogP contribution in [0.4, 0.5) is 5.69 Å². The predicted molar refractivity (Wildman–Crippen MR) is 86.2 cm³/mol. The molecule has 3 rings (SSSR count). The number of pyridine rings is 1. The van der Waals surface area contributed by atoms with Gasteiger partial charge in [-0.25, -0.2) is 0 Å². The first-order chi connectivity index (χ1) is 10.2. The van der Waals surface area contributed by atoms with E-state index in [1.54, 1.807) is 0 Å². The van der Waals surface area contributed by atoms with Gasteiger partial charge in [0.1, 0.15) is 0 Å². The molecule has 0 spiro atoms. The Morgan fingerprint density at radius 3 is 2.76 bits per heavy atom. The summed E-state index contributed by atoms with van der Waals surface area (Å²) in [6.45, 7) is 4.95. The van der Waals surface area contributed by atoms with Gasteiger partial charge < -0.3 is 5.73 Å². The molecule has 0 saturated heterocycles. The molecule has 0 aliphatic heterocycles. The molecule has 0 unspecified atom stereocenters. The first-order valence-corrected chi connectivity index (χ1v) is 7.40. The van der Waals surface area contributed by atoms with E-state index in [0.29, 0.717) is 0 Å². The van der Waals surface area contributed by atoms with E-state index in [2.05, 4.69) is 48.2 Å². The van der Waals surface area contributed by atoms with Crippen LogP contribution in [-0.4, -0.2) is 14.8 Å². The Bertz CT molecular complexity index is 774. The summed E-state index contributed by atoms with van der Waals surface area (Å²) < 4.78 is 2.03. The Labute approximate surface area is 124 Å². The SMILES string of the molecule is CCc1nn(Cc2ccc3ncccc3c2)c(CC)c1N. The van der Waals surface area contributed by atoms with E-state index < -0.39 is 0 Å². The van der Waals surface area contributed by atoms with Crippen LogP contribution in [0.25, 0.3) is 10.9 Å². The molecule has 1 aromatic carbocycles. The number of benzene rings is 1. The summed E-state index contributed by atoms with van der Waals surface area (Å²) in [6, 6.07) is 10.4. The number of anilines is 1. The highest BCUT2D eigenvalue weighted by atomic mass is 15.3. The van der Waals surface area contributed by atoms with Crippen LogP contribution in [0, 0.1) is 0 Å². The number of aryl methyl sites for hydroxylation is 1. The zero-order chi connectivity index (χ0) is 14.8. The lowest BCUT2D eigenvalue weighted by Gasteiger charge is -2.07. The van der Waals surface area contributed by atoms with E-state index in [0.717, 1.165) is 47.4 Å². The molecule has 21 heavy (non-hydrogen) atoms. The number of hydrogen-bond acceptors (Lipinski definition) is 3. The second kappa shape index (κ2) is 5.56. The molecule has 108 valence electrons. The van der Waals surface area contributed by atoms with Crippen LogP contribution in [0.15, 0.2) is 36.5 Å². The van der Waals surface area contributed by atoms with Gasteiger partial charge in [0.2, 0.25) is 0 Å². The van der Waals surface area contributed by atoms with Crippen molar-refractivity contribution in [3.63, 3.8) is 0 Å². The van der Waals surface area contributed by atoms with Gasteiger partial charge in [-0.3, -0.25) is 9.67 Å². The summed E-state index contributed by atoms with van der Waals surface area (Å²) in [6.07, 6.45) is 3.58. The van der Waals surface area contributed by atoms with Crippen LogP contribution in [0.5, 0.6) is 0 Å². The van der Waals surface area contributed by atoms with Crippen molar-refractivity contribution >= 4 is 16.6 Å². The summed E-state index contributed by atoms with van der Waals surface area (Å²) in [7, 11) is 0. The highest BCUT2D eigenvalue weighted by Gasteiger charge is 2.12. The summed E-state index contributed by atoms with van der Waals surface area (Å²) in [5.41, 5.74) is 11.4. The molecular weight excluding hydrogens is 260 g/mol. The van der Waals surface area contributed by atoms with Crippen LogP contribution < -0.4 is 5.73 Å². The molecular formula is C17H20N4. The number of rotatable bonds is 4. The maximum Gasteiger partial charge on any atom is 0.0854 e. The zero-order valence-corrected chi connectivity index (χ0v) is 12.5. The molecule has 4 heteroatoms. The molecule has 0 amide bonds. The van der Waals surface area contributed by atoms with E-state index in [4.69, 9.17) is 5.73 Å². The van der Waals surface area contributed by atoms with Crippen LogP contribution in [0.1, 0.15) is 30.8 Å². The quantitative estimate of drug-likeness (QED) is 0.798. The molecule has 4 nitrogen and oxygen atoms in total. The monoisotopic (exact) mass is 280 g/mol. The van der Waals surface area contributed by atoms with Crippen LogP contribution >= 0.6 is 0 Å². The average Bonchev–Trinajstić information content (AvgIpc) is 2.82. The second-order valence-electron chi connectivity index (χ2n) is 5.20. The molecule has 0 saturated carbocycles. The maximum absolute atomic E-state index is 6.18. The Hall–Kier alpha value is -2.36. The van der Waals surface area contributed by atoms with Gasteiger partial charge >= 0.3 is 0 Å². The van der Waals surface area contributed by atoms with Gasteiger partial charge in [-0.15, -0.1) is 0 Å². The molecule has 3 aromatic rings. The summed E-state index contributed by atoms with van der Waals surface area (Å²) in [5, 5.41) is 5.81. The zero-order valence-electron chi connectivity index (χ0n) is 12.5. The third-order valence-electron chi connectivity index (χ3n) is 3.84. The highest BCUT2D eigenvalue weighted by molar-refractivity contribution is 5.78. The fourth-order valence-electron chi connectivity index (χ4n) is 2.73. The van der Waals surface area contributed by atoms with Gasteiger partial charge in [0.15, 0.2) is 0 Å². The minimum Gasteiger partial charge on any atom is -0.396 e. The van der Waals surface area contributed by atoms with Crippen molar-refractivity contribution in [3.05, 3.63) is 53.5 Å². The first kappa shape index (κ1) is 13.6. The number of nitrogen functional groups attached to an aromatic ring is 1. The lowest BCUT2D eigenvalue weighted by molar-refractivity contribution is 0.641. The van der Waals surface area contributed by atoms with E-state index in [1.807, 2.05) is 16.9 Å². The summed E-state index contributed by atoms with van der Waals surface area (Å²) >= 11 is 0. The summed E-state index contributed by atoms with van der Waals surface area (Å²) in [5.74, 6) is 0. The second-order valence-corrected chi connectivity index (χ2v) is 5.20. The Morgan fingerprint density at radius 2 is 2.00 bits per heavy atom. The minimum atomic E-state index is 0.748. The average molecular weight is 280 g/mol. The first-order valence-electron chi connectivity index (χ1n) is 7.40. The fraction of sp³-hybridized carbons (Fsp3) is 0.294. The molecule has 0 radical (unpaired) electrons. The van der Waals surface area contributed by atoms with Crippen molar-refractivity contribution in [1.29, 1.82) is 0 Å². The number of nitrogens with two attached hydrogens (primary N) is 1. The molecule has 2 heterocycles. The molecule has 2 aromatic heterocycles. The molecule has 0 aliphatic rings. The van der Waals surface area contributed by atoms with Crippen molar-refractivity contribution in [3.8, 4) is 0 Å². The predicted octanol–water partition coefficient (Wildman–Crippen LogP) is 3.19. The van der Waals surface area contributed by atoms with Gasteiger partial charge in [0.05, 0.1) is 29.1 Å². The lowest BCUT2D eigenvalue weighted by Crippen LogP contribution is -2.06. The van der Waals surface area contributed by atoms with Gasteiger partial charge in [-0.1, -0.05) is 26.0 Å². The van der Waals surface area contributed by atoms with Crippen molar-refractivity contribution in [2.45, 2.75) is 33.2 Å². The third kappa shape index (κ3) is 2.49. The molecule has 0 fully saturated rings. The smallest absolute Gasteiger partial charge is 0.0854 e. The normalized spacial score (nSPS) is 11.1. The van der Waals surface area contributed by atoms with Crippen LogP contribution in [0.2, 0.25) is 0 Å².